The van der Waals surface area contributed by atoms with Gasteiger partial charge < -0.3 is 14.9 Å². The fraction of sp³-hybridized carbons (Fsp3) is 0.556. The van der Waals surface area contributed by atoms with Crippen LogP contribution in [0.4, 0.5) is 0 Å². The minimum Gasteiger partial charge on any atom is -0.388 e. The third-order valence-corrected chi connectivity index (χ3v) is 6.04. The minimum absolute atomic E-state index is 0.0316. The van der Waals surface area contributed by atoms with E-state index >= 15 is 0 Å². The number of β-amino-alcohol motifs (C(OH)–C–C–N with tert-alkyl or cyclic N) is 1. The summed E-state index contributed by atoms with van der Waals surface area (Å²) in [5, 5.41) is 10.0. The third-order valence-electron chi connectivity index (χ3n) is 5.55. The van der Waals surface area contributed by atoms with Crippen molar-refractivity contribution in [1.29, 1.82) is 0 Å². The highest BCUT2D eigenvalue weighted by atomic mass is 79.9. The molecule has 1 spiro atoms. The van der Waals surface area contributed by atoms with Gasteiger partial charge in [0.2, 0.25) is 5.91 Å². The van der Waals surface area contributed by atoms with Crippen LogP contribution in [0.15, 0.2) is 22.7 Å². The molecule has 2 aliphatic heterocycles. The van der Waals surface area contributed by atoms with Crippen molar-refractivity contribution in [3.8, 4) is 0 Å². The quantitative estimate of drug-likeness (QED) is 0.835. The van der Waals surface area contributed by atoms with Crippen molar-refractivity contribution < 1.29 is 14.7 Å². The molecule has 1 N–H and O–H groups in total. The van der Waals surface area contributed by atoms with E-state index in [2.05, 4.69) is 22.0 Å². The highest BCUT2D eigenvalue weighted by Gasteiger charge is 2.51. The molecule has 0 bridgehead atoms. The molecular formula is C18H21BrN2O3. The molecular weight excluding hydrogens is 372 g/mol. The van der Waals surface area contributed by atoms with Crippen LogP contribution in [-0.4, -0.2) is 58.5 Å². The van der Waals surface area contributed by atoms with Crippen LogP contribution < -0.4 is 0 Å². The number of hydrogen-bond acceptors (Lipinski definition) is 3. The van der Waals surface area contributed by atoms with E-state index in [4.69, 9.17) is 0 Å². The van der Waals surface area contributed by atoms with Gasteiger partial charge in [0.15, 0.2) is 0 Å². The Kier molecular flexibility index (Phi) is 3.55. The van der Waals surface area contributed by atoms with Gasteiger partial charge in [-0.05, 0) is 49.9 Å². The summed E-state index contributed by atoms with van der Waals surface area (Å²) in [7, 11) is 0. The molecule has 6 heteroatoms. The fourth-order valence-corrected chi connectivity index (χ4v) is 4.32. The number of rotatable bonds is 2. The van der Waals surface area contributed by atoms with Crippen LogP contribution in [0, 0.1) is 0 Å². The van der Waals surface area contributed by atoms with E-state index in [1.165, 1.54) is 0 Å². The van der Waals surface area contributed by atoms with Crippen molar-refractivity contribution in [1.82, 2.24) is 9.80 Å². The van der Waals surface area contributed by atoms with Gasteiger partial charge in [-0.3, -0.25) is 9.59 Å². The van der Waals surface area contributed by atoms with Gasteiger partial charge in [-0.25, -0.2) is 0 Å². The lowest BCUT2D eigenvalue weighted by Gasteiger charge is -2.35. The predicted octanol–water partition coefficient (Wildman–Crippen LogP) is 1.92. The minimum atomic E-state index is -0.807. The molecule has 1 aliphatic carbocycles. The van der Waals surface area contributed by atoms with E-state index < -0.39 is 5.60 Å². The van der Waals surface area contributed by atoms with E-state index in [1.54, 1.807) is 16.7 Å². The molecule has 128 valence electrons. The van der Waals surface area contributed by atoms with Crippen molar-refractivity contribution in [2.24, 2.45) is 0 Å². The highest BCUT2D eigenvalue weighted by Crippen LogP contribution is 2.52. The Morgan fingerprint density at radius 1 is 1.29 bits per heavy atom. The smallest absolute Gasteiger partial charge is 0.254 e. The molecule has 1 atom stereocenters. The van der Waals surface area contributed by atoms with Gasteiger partial charge in [0, 0.05) is 35.1 Å². The predicted molar refractivity (Wildman–Crippen MR) is 92.8 cm³/mol. The molecule has 1 aromatic rings. The summed E-state index contributed by atoms with van der Waals surface area (Å²) in [6.07, 6.45) is 2.72. The first-order valence-electron chi connectivity index (χ1n) is 8.39. The van der Waals surface area contributed by atoms with Gasteiger partial charge in [-0.2, -0.15) is 0 Å². The maximum atomic E-state index is 12.8. The number of nitrogens with zero attached hydrogens (tertiary/aromatic N) is 2. The number of carbonyl (C=O) groups excluding carboxylic acids is 2. The van der Waals surface area contributed by atoms with Crippen molar-refractivity contribution in [3.63, 3.8) is 0 Å². The van der Waals surface area contributed by atoms with E-state index in [1.807, 2.05) is 12.1 Å². The van der Waals surface area contributed by atoms with Crippen LogP contribution in [0.25, 0.3) is 0 Å². The zero-order valence-corrected chi connectivity index (χ0v) is 15.3. The second-order valence-corrected chi connectivity index (χ2v) is 8.61. The maximum Gasteiger partial charge on any atom is 0.254 e. The monoisotopic (exact) mass is 392 g/mol. The molecule has 0 radical (unpaired) electrons. The summed E-state index contributed by atoms with van der Waals surface area (Å²) in [4.78, 5) is 28.7. The normalized spacial score (nSPS) is 27.5. The van der Waals surface area contributed by atoms with E-state index in [0.717, 1.165) is 28.4 Å². The summed E-state index contributed by atoms with van der Waals surface area (Å²) in [6.45, 7) is 3.38. The molecule has 1 aromatic carbocycles. The number of likely N-dealkylation sites (tertiary alicyclic amines) is 1. The zero-order valence-electron chi connectivity index (χ0n) is 13.7. The summed E-state index contributed by atoms with van der Waals surface area (Å²) in [6, 6.07) is 5.80. The Bertz CT molecular complexity index is 727. The standard InChI is InChI=1S/C18H21BrN2O3/c1-17(24)6-7-20(10-17)15(22)9-21-11-18(4-5-18)14-8-12(19)2-3-13(14)16(21)23/h2-3,8,24H,4-7,9-11H2,1H3/t17-/m1/s1. The maximum absolute atomic E-state index is 12.8. The van der Waals surface area contributed by atoms with Gasteiger partial charge in [0.1, 0.15) is 6.54 Å². The fourth-order valence-electron chi connectivity index (χ4n) is 3.96. The number of halogens is 1. The number of fused-ring (bicyclic) bond motifs is 2. The van der Waals surface area contributed by atoms with Crippen molar-refractivity contribution in [3.05, 3.63) is 33.8 Å². The van der Waals surface area contributed by atoms with Crippen LogP contribution in [-0.2, 0) is 10.2 Å². The van der Waals surface area contributed by atoms with Crippen LogP contribution in [0.3, 0.4) is 0 Å². The number of hydrogen-bond donors (Lipinski definition) is 1. The van der Waals surface area contributed by atoms with Crippen molar-refractivity contribution in [2.45, 2.75) is 37.2 Å². The lowest BCUT2D eigenvalue weighted by molar-refractivity contribution is -0.131. The average molecular weight is 393 g/mol. The Labute approximate surface area is 149 Å². The SMILES string of the molecule is C[C@@]1(O)CCN(C(=O)CN2CC3(CC3)c3cc(Br)ccc3C2=O)C1. The molecule has 3 aliphatic rings. The molecule has 2 fully saturated rings. The molecule has 24 heavy (non-hydrogen) atoms. The van der Waals surface area contributed by atoms with Gasteiger partial charge in [0.05, 0.1) is 5.60 Å². The molecule has 0 aromatic heterocycles. The van der Waals surface area contributed by atoms with E-state index in [0.29, 0.717) is 26.1 Å². The summed E-state index contributed by atoms with van der Waals surface area (Å²) < 4.78 is 0.990. The number of aliphatic hydroxyl groups is 1. The highest BCUT2D eigenvalue weighted by molar-refractivity contribution is 9.10. The van der Waals surface area contributed by atoms with Crippen LogP contribution in [0.5, 0.6) is 0 Å². The van der Waals surface area contributed by atoms with E-state index in [9.17, 15) is 14.7 Å². The molecule has 0 unspecified atom stereocenters. The Morgan fingerprint density at radius 3 is 2.67 bits per heavy atom. The molecule has 1 saturated carbocycles. The van der Waals surface area contributed by atoms with Crippen molar-refractivity contribution >= 4 is 27.7 Å². The molecule has 5 nitrogen and oxygen atoms in total. The van der Waals surface area contributed by atoms with Crippen LogP contribution in [0.1, 0.15) is 42.1 Å². The molecule has 2 heterocycles. The molecule has 4 rings (SSSR count). The average Bonchev–Trinajstić information content (AvgIpc) is 3.20. The van der Waals surface area contributed by atoms with Crippen LogP contribution >= 0.6 is 15.9 Å². The Hall–Kier alpha value is -1.40. The first-order chi connectivity index (χ1) is 11.3. The Morgan fingerprint density at radius 2 is 2.04 bits per heavy atom. The van der Waals surface area contributed by atoms with Gasteiger partial charge in [-0.1, -0.05) is 15.9 Å². The summed E-state index contributed by atoms with van der Waals surface area (Å²) >= 11 is 3.49. The molecule has 2 amide bonds. The lowest BCUT2D eigenvalue weighted by atomic mass is 9.86. The zero-order chi connectivity index (χ0) is 17.1. The summed E-state index contributed by atoms with van der Waals surface area (Å²) in [5.41, 5.74) is 1.07. The van der Waals surface area contributed by atoms with Crippen molar-refractivity contribution in [2.75, 3.05) is 26.2 Å². The van der Waals surface area contributed by atoms with Crippen LogP contribution in [0.2, 0.25) is 0 Å². The second kappa shape index (κ2) is 5.30. The third kappa shape index (κ3) is 2.65. The number of amides is 2. The van der Waals surface area contributed by atoms with Gasteiger partial charge in [0.25, 0.3) is 5.91 Å². The van der Waals surface area contributed by atoms with E-state index in [-0.39, 0.29) is 23.8 Å². The number of benzene rings is 1. The number of carbonyl (C=O) groups is 2. The first kappa shape index (κ1) is 16.1. The first-order valence-corrected chi connectivity index (χ1v) is 9.19. The summed E-state index contributed by atoms with van der Waals surface area (Å²) in [5.74, 6) is -0.133. The lowest BCUT2D eigenvalue weighted by Crippen LogP contribution is -2.49. The molecule has 1 saturated heterocycles. The van der Waals surface area contributed by atoms with Gasteiger partial charge >= 0.3 is 0 Å². The van der Waals surface area contributed by atoms with Gasteiger partial charge in [-0.15, -0.1) is 0 Å². The topological polar surface area (TPSA) is 60.9 Å². The second-order valence-electron chi connectivity index (χ2n) is 7.69. The largest absolute Gasteiger partial charge is 0.388 e. The Balaban J connectivity index is 1.54.